The normalized spacial score (nSPS) is 12.0. The number of hydrogen-bond acceptors (Lipinski definition) is 3. The molecule has 1 atom stereocenters. The summed E-state index contributed by atoms with van der Waals surface area (Å²) in [6.45, 7) is 6.60. The van der Waals surface area contributed by atoms with Crippen LogP contribution in [0.4, 0.5) is 4.39 Å². The van der Waals surface area contributed by atoms with E-state index in [0.29, 0.717) is 45.8 Å². The molecule has 0 aliphatic carbocycles. The Balaban J connectivity index is 2.18. The minimum Gasteiger partial charge on any atom is -0.354 e. The first-order valence-corrected chi connectivity index (χ1v) is 12.5. The zero-order chi connectivity index (χ0) is 23.7. The summed E-state index contributed by atoms with van der Waals surface area (Å²) in [7, 11) is 0. The van der Waals surface area contributed by atoms with Crippen LogP contribution in [-0.2, 0) is 21.9 Å². The number of hydrogen-bond donors (Lipinski definition) is 1. The highest BCUT2D eigenvalue weighted by Gasteiger charge is 2.29. The molecule has 0 radical (unpaired) electrons. The third-order valence-electron chi connectivity index (χ3n) is 4.87. The van der Waals surface area contributed by atoms with Gasteiger partial charge >= 0.3 is 0 Å². The maximum atomic E-state index is 13.9. The van der Waals surface area contributed by atoms with Crippen LogP contribution < -0.4 is 5.32 Å². The van der Waals surface area contributed by atoms with E-state index in [-0.39, 0.29) is 29.9 Å². The molecule has 0 saturated heterocycles. The van der Waals surface area contributed by atoms with Crippen molar-refractivity contribution in [1.82, 2.24) is 10.2 Å². The average molecular weight is 499 g/mol. The fourth-order valence-electron chi connectivity index (χ4n) is 3.12. The monoisotopic (exact) mass is 498 g/mol. The minimum atomic E-state index is -0.637. The van der Waals surface area contributed by atoms with Crippen molar-refractivity contribution in [2.24, 2.45) is 5.92 Å². The Bertz CT molecular complexity index is 927. The summed E-state index contributed by atoms with van der Waals surface area (Å²) >= 11 is 13.7. The lowest BCUT2D eigenvalue weighted by Gasteiger charge is -2.31. The van der Waals surface area contributed by atoms with Gasteiger partial charge in [-0.1, -0.05) is 68.2 Å². The Kier molecular flexibility index (Phi) is 10.8. The molecule has 1 N–H and O–H groups in total. The van der Waals surface area contributed by atoms with Crippen molar-refractivity contribution in [2.75, 3.05) is 12.3 Å². The molecule has 174 valence electrons. The van der Waals surface area contributed by atoms with Gasteiger partial charge in [-0.05, 0) is 41.7 Å². The molecule has 2 aromatic carbocycles. The summed E-state index contributed by atoms with van der Waals surface area (Å²) < 4.78 is 13.9. The van der Waals surface area contributed by atoms with Crippen LogP contribution in [0, 0.1) is 11.7 Å². The van der Waals surface area contributed by atoms with Crippen LogP contribution in [0.2, 0.25) is 10.0 Å². The van der Waals surface area contributed by atoms with Crippen LogP contribution in [0.25, 0.3) is 0 Å². The Morgan fingerprint density at radius 1 is 1.12 bits per heavy atom. The summed E-state index contributed by atoms with van der Waals surface area (Å²) in [4.78, 5) is 27.6. The predicted octanol–water partition coefficient (Wildman–Crippen LogP) is 5.95. The maximum Gasteiger partial charge on any atom is 0.242 e. The highest BCUT2D eigenvalue weighted by Crippen LogP contribution is 2.24. The second-order valence-electron chi connectivity index (χ2n) is 7.90. The van der Waals surface area contributed by atoms with Gasteiger partial charge in [0.1, 0.15) is 11.9 Å². The zero-order valence-electron chi connectivity index (χ0n) is 18.5. The van der Waals surface area contributed by atoms with Crippen molar-refractivity contribution >= 4 is 46.8 Å². The maximum absolute atomic E-state index is 13.9. The summed E-state index contributed by atoms with van der Waals surface area (Å²) in [5.41, 5.74) is 1.25. The van der Waals surface area contributed by atoms with Crippen LogP contribution in [0.5, 0.6) is 0 Å². The second-order valence-corrected chi connectivity index (χ2v) is 9.73. The van der Waals surface area contributed by atoms with E-state index < -0.39 is 6.04 Å². The SMILES string of the molecule is CC[C@@H](C(=O)NCC(C)C)N(Cc1ccc(Cl)cc1Cl)C(=O)CSCc1ccccc1F. The predicted molar refractivity (Wildman–Crippen MR) is 132 cm³/mol. The number of halogens is 3. The molecule has 0 unspecified atom stereocenters. The highest BCUT2D eigenvalue weighted by atomic mass is 35.5. The number of nitrogens with one attached hydrogen (secondary N) is 1. The summed E-state index contributed by atoms with van der Waals surface area (Å²) in [5.74, 6) is 0.0830. The first-order valence-electron chi connectivity index (χ1n) is 10.5. The Morgan fingerprint density at radius 2 is 1.84 bits per heavy atom. The Labute approximate surface area is 203 Å². The number of amides is 2. The lowest BCUT2D eigenvalue weighted by molar-refractivity contribution is -0.139. The van der Waals surface area contributed by atoms with Crippen molar-refractivity contribution in [3.05, 3.63) is 69.5 Å². The second kappa shape index (κ2) is 13.1. The molecule has 2 aromatic rings. The fraction of sp³-hybridized carbons (Fsp3) is 0.417. The van der Waals surface area contributed by atoms with Gasteiger partial charge in [-0.2, -0.15) is 0 Å². The van der Waals surface area contributed by atoms with Gasteiger partial charge in [-0.25, -0.2) is 4.39 Å². The highest BCUT2D eigenvalue weighted by molar-refractivity contribution is 7.99. The Morgan fingerprint density at radius 3 is 2.47 bits per heavy atom. The molecule has 2 amide bonds. The van der Waals surface area contributed by atoms with Crippen molar-refractivity contribution < 1.29 is 14.0 Å². The van der Waals surface area contributed by atoms with Crippen molar-refractivity contribution in [1.29, 1.82) is 0 Å². The number of carbonyl (C=O) groups excluding carboxylic acids is 2. The van der Waals surface area contributed by atoms with E-state index in [4.69, 9.17) is 23.2 Å². The van der Waals surface area contributed by atoms with E-state index in [9.17, 15) is 14.0 Å². The van der Waals surface area contributed by atoms with E-state index >= 15 is 0 Å². The van der Waals surface area contributed by atoms with Gasteiger partial charge in [-0.15, -0.1) is 11.8 Å². The number of thioether (sulfide) groups is 1. The van der Waals surface area contributed by atoms with Gasteiger partial charge in [0.05, 0.1) is 5.75 Å². The smallest absolute Gasteiger partial charge is 0.242 e. The van der Waals surface area contributed by atoms with E-state index in [1.54, 1.807) is 41.3 Å². The van der Waals surface area contributed by atoms with E-state index in [1.165, 1.54) is 17.8 Å². The van der Waals surface area contributed by atoms with Crippen LogP contribution in [0.15, 0.2) is 42.5 Å². The fourth-order valence-corrected chi connectivity index (χ4v) is 4.49. The molecular formula is C24H29Cl2FN2O2S. The van der Waals surface area contributed by atoms with Gasteiger partial charge in [0.2, 0.25) is 11.8 Å². The standard InChI is InChI=1S/C24H29Cl2FN2O2S/c1-4-22(24(31)28-12-16(2)3)29(13-17-9-10-19(25)11-20(17)26)23(30)15-32-14-18-7-5-6-8-21(18)27/h5-11,16,22H,4,12-15H2,1-3H3,(H,28,31)/t22-/m0/s1. The molecular weight excluding hydrogens is 470 g/mol. The minimum absolute atomic E-state index is 0.119. The molecule has 0 spiro atoms. The van der Waals surface area contributed by atoms with Crippen molar-refractivity contribution in [3.8, 4) is 0 Å². The quantitative estimate of drug-likeness (QED) is 0.416. The summed E-state index contributed by atoms with van der Waals surface area (Å²) in [6.07, 6.45) is 0.457. The van der Waals surface area contributed by atoms with Crippen LogP contribution in [-0.4, -0.2) is 35.1 Å². The molecule has 2 rings (SSSR count). The number of benzene rings is 2. The van der Waals surface area contributed by atoms with Gasteiger partial charge in [0.15, 0.2) is 0 Å². The molecule has 0 heterocycles. The molecule has 0 aliphatic rings. The molecule has 0 saturated carbocycles. The van der Waals surface area contributed by atoms with Gasteiger partial charge < -0.3 is 10.2 Å². The lowest BCUT2D eigenvalue weighted by atomic mass is 10.1. The van der Waals surface area contributed by atoms with E-state index in [2.05, 4.69) is 5.32 Å². The lowest BCUT2D eigenvalue weighted by Crippen LogP contribution is -2.50. The molecule has 0 bridgehead atoms. The molecule has 32 heavy (non-hydrogen) atoms. The molecule has 0 aromatic heterocycles. The van der Waals surface area contributed by atoms with Crippen molar-refractivity contribution in [3.63, 3.8) is 0 Å². The summed E-state index contributed by atoms with van der Waals surface area (Å²) in [6, 6.07) is 10.9. The Hall–Kier alpha value is -1.76. The first kappa shape index (κ1) is 26.5. The largest absolute Gasteiger partial charge is 0.354 e. The molecule has 8 heteroatoms. The third kappa shape index (κ3) is 7.98. The number of carbonyl (C=O) groups is 2. The molecule has 4 nitrogen and oxygen atoms in total. The van der Waals surface area contributed by atoms with Crippen LogP contribution >= 0.6 is 35.0 Å². The van der Waals surface area contributed by atoms with Gasteiger partial charge in [-0.3, -0.25) is 9.59 Å². The molecule has 0 aliphatic heterocycles. The average Bonchev–Trinajstić information content (AvgIpc) is 2.74. The van der Waals surface area contributed by atoms with E-state index in [1.807, 2.05) is 20.8 Å². The number of rotatable bonds is 11. The van der Waals surface area contributed by atoms with Crippen LogP contribution in [0.3, 0.4) is 0 Å². The van der Waals surface area contributed by atoms with Gasteiger partial charge in [0.25, 0.3) is 0 Å². The van der Waals surface area contributed by atoms with Gasteiger partial charge in [0, 0.05) is 28.9 Å². The molecule has 0 fully saturated rings. The van der Waals surface area contributed by atoms with E-state index in [0.717, 1.165) is 0 Å². The topological polar surface area (TPSA) is 49.4 Å². The third-order valence-corrected chi connectivity index (χ3v) is 6.42. The zero-order valence-corrected chi connectivity index (χ0v) is 20.9. The first-order chi connectivity index (χ1) is 15.2. The van der Waals surface area contributed by atoms with Crippen LogP contribution in [0.1, 0.15) is 38.3 Å². The number of nitrogens with zero attached hydrogens (tertiary/aromatic N) is 1. The van der Waals surface area contributed by atoms with Crippen molar-refractivity contribution in [2.45, 2.75) is 45.5 Å². The summed E-state index contributed by atoms with van der Waals surface area (Å²) in [5, 5.41) is 3.86.